The van der Waals surface area contributed by atoms with Gasteiger partial charge in [0.1, 0.15) is 0 Å². The molecule has 1 aliphatic rings. The highest BCUT2D eigenvalue weighted by Gasteiger charge is 2.13. The first kappa shape index (κ1) is 28.8. The molecular weight excluding hydrogens is 384 g/mol. The SMILES string of the molecule is CCCCCCCCCCCCCC(CCNCCCN1CCNCC1)CC(O)CN. The van der Waals surface area contributed by atoms with E-state index in [0.717, 1.165) is 32.6 Å². The molecule has 0 amide bonds. The van der Waals surface area contributed by atoms with Crippen LogP contribution in [0.4, 0.5) is 0 Å². The summed E-state index contributed by atoms with van der Waals surface area (Å²) in [6.45, 7) is 10.7. The molecule has 1 fully saturated rings. The van der Waals surface area contributed by atoms with Crippen molar-refractivity contribution in [2.24, 2.45) is 11.7 Å². The molecule has 0 bridgehead atoms. The van der Waals surface area contributed by atoms with Crippen LogP contribution in [0.15, 0.2) is 0 Å². The highest BCUT2D eigenvalue weighted by atomic mass is 16.3. The Hall–Kier alpha value is -0.200. The molecule has 0 aliphatic carbocycles. The van der Waals surface area contributed by atoms with Crippen LogP contribution in [0.3, 0.4) is 0 Å². The highest BCUT2D eigenvalue weighted by molar-refractivity contribution is 4.70. The number of aliphatic hydroxyl groups excluding tert-OH is 1. The maximum Gasteiger partial charge on any atom is 0.0665 e. The van der Waals surface area contributed by atoms with Crippen molar-refractivity contribution in [3.63, 3.8) is 0 Å². The van der Waals surface area contributed by atoms with Crippen LogP contribution in [0.1, 0.15) is 103 Å². The van der Waals surface area contributed by atoms with Gasteiger partial charge in [-0.05, 0) is 44.8 Å². The van der Waals surface area contributed by atoms with E-state index in [1.807, 2.05) is 0 Å². The molecule has 1 heterocycles. The van der Waals surface area contributed by atoms with Crippen molar-refractivity contribution in [1.29, 1.82) is 0 Å². The van der Waals surface area contributed by atoms with Gasteiger partial charge in [-0.1, -0.05) is 84.0 Å². The second-order valence-electron chi connectivity index (χ2n) is 9.80. The summed E-state index contributed by atoms with van der Waals surface area (Å²) in [5, 5.41) is 17.1. The third kappa shape index (κ3) is 18.0. The lowest BCUT2D eigenvalue weighted by molar-refractivity contribution is 0.143. The summed E-state index contributed by atoms with van der Waals surface area (Å²) in [4.78, 5) is 2.56. The zero-order valence-electron chi connectivity index (χ0n) is 20.9. The maximum absolute atomic E-state index is 10.0. The van der Waals surface area contributed by atoms with Gasteiger partial charge in [-0.2, -0.15) is 0 Å². The van der Waals surface area contributed by atoms with E-state index in [-0.39, 0.29) is 6.10 Å². The molecule has 2 atom stereocenters. The van der Waals surface area contributed by atoms with Gasteiger partial charge < -0.3 is 26.4 Å². The normalized spacial score (nSPS) is 17.1. The molecule has 0 radical (unpaired) electrons. The minimum atomic E-state index is -0.328. The molecule has 5 nitrogen and oxygen atoms in total. The van der Waals surface area contributed by atoms with Gasteiger partial charge in [-0.25, -0.2) is 0 Å². The summed E-state index contributed by atoms with van der Waals surface area (Å²) in [5.74, 6) is 0.609. The fraction of sp³-hybridized carbons (Fsp3) is 1.00. The lowest BCUT2D eigenvalue weighted by atomic mass is 9.91. The minimum Gasteiger partial charge on any atom is -0.392 e. The predicted octanol–water partition coefficient (Wildman–Crippen LogP) is 4.29. The molecule has 0 spiro atoms. The third-order valence-electron chi connectivity index (χ3n) is 6.86. The van der Waals surface area contributed by atoms with Gasteiger partial charge in [0.2, 0.25) is 0 Å². The topological polar surface area (TPSA) is 73.5 Å². The van der Waals surface area contributed by atoms with Gasteiger partial charge in [0, 0.05) is 32.7 Å². The number of nitrogens with zero attached hydrogens (tertiary/aromatic N) is 1. The monoisotopic (exact) mass is 440 g/mol. The maximum atomic E-state index is 10.0. The summed E-state index contributed by atoms with van der Waals surface area (Å²) in [6, 6.07) is 0. The number of hydrogen-bond acceptors (Lipinski definition) is 5. The first-order chi connectivity index (χ1) is 15.3. The number of unbranched alkanes of at least 4 members (excludes halogenated alkanes) is 10. The van der Waals surface area contributed by atoms with Crippen LogP contribution in [0.5, 0.6) is 0 Å². The summed E-state index contributed by atoms with van der Waals surface area (Å²) >= 11 is 0. The zero-order chi connectivity index (χ0) is 22.4. The number of nitrogens with two attached hydrogens (primary N) is 1. The first-order valence-electron chi connectivity index (χ1n) is 13.8. The fourth-order valence-electron chi connectivity index (χ4n) is 4.75. The number of nitrogens with one attached hydrogen (secondary N) is 2. The molecule has 31 heavy (non-hydrogen) atoms. The van der Waals surface area contributed by atoms with E-state index >= 15 is 0 Å². The number of aliphatic hydroxyl groups is 1. The lowest BCUT2D eigenvalue weighted by Crippen LogP contribution is -2.44. The third-order valence-corrected chi connectivity index (χ3v) is 6.86. The Balaban J connectivity index is 2.00. The Bertz CT molecular complexity index is 363. The molecule has 5 heteroatoms. The van der Waals surface area contributed by atoms with Gasteiger partial charge in [0.05, 0.1) is 6.10 Å². The van der Waals surface area contributed by atoms with E-state index in [2.05, 4.69) is 22.5 Å². The van der Waals surface area contributed by atoms with Crippen LogP contribution in [-0.4, -0.2) is 68.5 Å². The fourth-order valence-corrected chi connectivity index (χ4v) is 4.75. The van der Waals surface area contributed by atoms with E-state index in [9.17, 15) is 5.11 Å². The standard InChI is InChI=1S/C26H56N4O/c1-2-3-4-5-6-7-8-9-10-11-12-14-25(23-26(31)24-27)15-17-28-16-13-20-30-21-18-29-19-22-30/h25-26,28-29,31H,2-24,27H2,1H3. The van der Waals surface area contributed by atoms with Crippen molar-refractivity contribution >= 4 is 0 Å². The Kier molecular flexibility index (Phi) is 20.1. The molecule has 0 aromatic heterocycles. The summed E-state index contributed by atoms with van der Waals surface area (Å²) in [6.07, 6.45) is 19.5. The molecule has 186 valence electrons. The largest absolute Gasteiger partial charge is 0.392 e. The predicted molar refractivity (Wildman–Crippen MR) is 136 cm³/mol. The van der Waals surface area contributed by atoms with Crippen molar-refractivity contribution in [2.75, 3.05) is 52.4 Å². The van der Waals surface area contributed by atoms with E-state index < -0.39 is 0 Å². The Labute approximate surface area is 194 Å². The Morgan fingerprint density at radius 2 is 1.45 bits per heavy atom. The lowest BCUT2D eigenvalue weighted by Gasteiger charge is -2.27. The van der Waals surface area contributed by atoms with Crippen LogP contribution in [0.2, 0.25) is 0 Å². The van der Waals surface area contributed by atoms with Gasteiger partial charge in [0.25, 0.3) is 0 Å². The van der Waals surface area contributed by atoms with Crippen molar-refractivity contribution < 1.29 is 5.11 Å². The summed E-state index contributed by atoms with van der Waals surface area (Å²) < 4.78 is 0. The average molecular weight is 441 g/mol. The smallest absolute Gasteiger partial charge is 0.0665 e. The van der Waals surface area contributed by atoms with Crippen molar-refractivity contribution in [3.05, 3.63) is 0 Å². The first-order valence-corrected chi connectivity index (χ1v) is 13.8. The van der Waals surface area contributed by atoms with E-state index in [0.29, 0.717) is 12.5 Å². The van der Waals surface area contributed by atoms with E-state index in [1.54, 1.807) is 0 Å². The molecule has 5 N–H and O–H groups in total. The van der Waals surface area contributed by atoms with Gasteiger partial charge in [-0.3, -0.25) is 0 Å². The summed E-state index contributed by atoms with van der Waals surface area (Å²) in [5.41, 5.74) is 5.67. The molecule has 1 saturated heterocycles. The Morgan fingerprint density at radius 3 is 2.06 bits per heavy atom. The average Bonchev–Trinajstić information content (AvgIpc) is 2.80. The zero-order valence-corrected chi connectivity index (χ0v) is 20.9. The van der Waals surface area contributed by atoms with Crippen LogP contribution >= 0.6 is 0 Å². The molecular formula is C26H56N4O. The van der Waals surface area contributed by atoms with Crippen LogP contribution in [-0.2, 0) is 0 Å². The molecule has 1 aliphatic heterocycles. The molecule has 1 rings (SSSR count). The van der Waals surface area contributed by atoms with Gasteiger partial charge >= 0.3 is 0 Å². The van der Waals surface area contributed by atoms with Crippen molar-refractivity contribution in [3.8, 4) is 0 Å². The van der Waals surface area contributed by atoms with Crippen molar-refractivity contribution in [2.45, 2.75) is 109 Å². The van der Waals surface area contributed by atoms with Crippen molar-refractivity contribution in [1.82, 2.24) is 15.5 Å². The molecule has 0 aromatic carbocycles. The van der Waals surface area contributed by atoms with Gasteiger partial charge in [0.15, 0.2) is 0 Å². The second-order valence-corrected chi connectivity index (χ2v) is 9.80. The van der Waals surface area contributed by atoms with Crippen LogP contribution in [0, 0.1) is 5.92 Å². The number of hydrogen-bond donors (Lipinski definition) is 4. The quantitative estimate of drug-likeness (QED) is 0.189. The number of piperazine rings is 1. The number of rotatable bonds is 22. The van der Waals surface area contributed by atoms with Gasteiger partial charge in [-0.15, -0.1) is 0 Å². The van der Waals surface area contributed by atoms with E-state index in [4.69, 9.17) is 5.73 Å². The molecule has 2 unspecified atom stereocenters. The Morgan fingerprint density at radius 1 is 0.839 bits per heavy atom. The van der Waals surface area contributed by atoms with Crippen LogP contribution < -0.4 is 16.4 Å². The minimum absolute atomic E-state index is 0.328. The second kappa shape index (κ2) is 21.6. The summed E-state index contributed by atoms with van der Waals surface area (Å²) in [7, 11) is 0. The highest BCUT2D eigenvalue weighted by Crippen LogP contribution is 2.20. The molecule has 0 saturated carbocycles. The van der Waals surface area contributed by atoms with Crippen LogP contribution in [0.25, 0.3) is 0 Å². The van der Waals surface area contributed by atoms with E-state index in [1.165, 1.54) is 110 Å². The molecule has 0 aromatic rings.